The second kappa shape index (κ2) is 8.91. The molecule has 0 saturated heterocycles. The number of alkyl halides is 3. The van der Waals surface area contributed by atoms with E-state index in [1.54, 1.807) is 17.6 Å². The molecule has 1 aliphatic rings. The molecule has 164 valence electrons. The van der Waals surface area contributed by atoms with Gasteiger partial charge >= 0.3 is 6.18 Å². The molecule has 1 atom stereocenters. The van der Waals surface area contributed by atoms with Crippen molar-refractivity contribution in [1.82, 2.24) is 25.2 Å². The normalized spacial score (nSPS) is 15.9. The first-order chi connectivity index (χ1) is 14.8. The van der Waals surface area contributed by atoms with Crippen LogP contribution in [0.4, 0.5) is 18.3 Å². The highest BCUT2D eigenvalue weighted by molar-refractivity contribution is 7.13. The van der Waals surface area contributed by atoms with Crippen LogP contribution in [-0.2, 0) is 11.0 Å². The first-order valence-electron chi connectivity index (χ1n) is 9.68. The molecule has 12 heteroatoms. The minimum Gasteiger partial charge on any atom is -0.301 e. The summed E-state index contributed by atoms with van der Waals surface area (Å²) in [4.78, 5) is 17.1. The van der Waals surface area contributed by atoms with E-state index in [2.05, 4.69) is 25.8 Å². The fourth-order valence-corrected chi connectivity index (χ4v) is 4.69. The minimum absolute atomic E-state index is 0.0114. The van der Waals surface area contributed by atoms with Gasteiger partial charge in [0.05, 0.1) is 16.6 Å². The smallest absolute Gasteiger partial charge is 0.301 e. The Labute approximate surface area is 184 Å². The lowest BCUT2D eigenvalue weighted by Crippen LogP contribution is -2.23. The van der Waals surface area contributed by atoms with Crippen molar-refractivity contribution in [1.29, 1.82) is 0 Å². The Hall–Kier alpha value is -2.53. The number of carbonyl (C=O) groups is 1. The van der Waals surface area contributed by atoms with Gasteiger partial charge in [-0.1, -0.05) is 43.4 Å². The fourth-order valence-electron chi connectivity index (χ4n) is 3.89. The number of benzene rings is 1. The molecule has 0 aliphatic heterocycles. The van der Waals surface area contributed by atoms with Crippen LogP contribution in [0.2, 0.25) is 5.02 Å². The average molecular weight is 471 g/mol. The molecule has 1 aromatic carbocycles. The van der Waals surface area contributed by atoms with Crippen LogP contribution in [0.1, 0.15) is 49.4 Å². The number of halogens is 4. The van der Waals surface area contributed by atoms with Crippen molar-refractivity contribution in [3.63, 3.8) is 0 Å². The molecule has 1 unspecified atom stereocenters. The number of tetrazole rings is 1. The van der Waals surface area contributed by atoms with Gasteiger partial charge < -0.3 is 5.32 Å². The molecule has 1 saturated carbocycles. The van der Waals surface area contributed by atoms with Crippen LogP contribution in [0.5, 0.6) is 0 Å². The molecular weight excluding hydrogens is 453 g/mol. The Morgan fingerprint density at radius 1 is 1.32 bits per heavy atom. The SMILES string of the molecule is O=C(Nc1nccs1)C(CC1CCCC1)c1ccc(-n2nnnc2C(F)(F)F)c(Cl)c1. The lowest BCUT2D eigenvalue weighted by Gasteiger charge is -2.21. The molecule has 2 aromatic heterocycles. The Bertz CT molecular complexity index is 1050. The molecule has 7 nitrogen and oxygen atoms in total. The summed E-state index contributed by atoms with van der Waals surface area (Å²) >= 11 is 7.64. The monoisotopic (exact) mass is 470 g/mol. The Morgan fingerprint density at radius 2 is 2.10 bits per heavy atom. The molecule has 3 aromatic rings. The van der Waals surface area contributed by atoms with Crippen LogP contribution in [0, 0.1) is 5.92 Å². The first-order valence-corrected chi connectivity index (χ1v) is 10.9. The Balaban J connectivity index is 1.64. The zero-order valence-electron chi connectivity index (χ0n) is 16.1. The minimum atomic E-state index is -4.73. The number of carbonyl (C=O) groups excluding carboxylic acids is 1. The van der Waals surface area contributed by atoms with Crippen molar-refractivity contribution in [2.24, 2.45) is 5.92 Å². The van der Waals surface area contributed by atoms with Gasteiger partial charge in [-0.05, 0) is 40.5 Å². The van der Waals surface area contributed by atoms with Gasteiger partial charge in [-0.25, -0.2) is 4.98 Å². The summed E-state index contributed by atoms with van der Waals surface area (Å²) in [6, 6.07) is 4.52. The van der Waals surface area contributed by atoms with E-state index in [9.17, 15) is 18.0 Å². The predicted molar refractivity (Wildman–Crippen MR) is 109 cm³/mol. The van der Waals surface area contributed by atoms with E-state index in [1.165, 1.54) is 23.5 Å². The van der Waals surface area contributed by atoms with Crippen LogP contribution < -0.4 is 5.32 Å². The maximum absolute atomic E-state index is 13.2. The highest BCUT2D eigenvalue weighted by Gasteiger charge is 2.39. The van der Waals surface area contributed by atoms with Gasteiger partial charge in [-0.2, -0.15) is 17.9 Å². The fraction of sp³-hybridized carbons (Fsp3) is 0.421. The number of nitrogens with one attached hydrogen (secondary N) is 1. The molecule has 0 radical (unpaired) electrons. The lowest BCUT2D eigenvalue weighted by atomic mass is 9.87. The number of thiazole rings is 1. The lowest BCUT2D eigenvalue weighted by molar-refractivity contribution is -0.146. The average Bonchev–Trinajstić information content (AvgIpc) is 3.47. The van der Waals surface area contributed by atoms with Crippen LogP contribution in [0.3, 0.4) is 0 Å². The quantitative estimate of drug-likeness (QED) is 0.542. The summed E-state index contributed by atoms with van der Waals surface area (Å²) in [6.07, 6.45) is 1.85. The van der Waals surface area contributed by atoms with Crippen LogP contribution in [0.25, 0.3) is 5.69 Å². The molecule has 1 fully saturated rings. The van der Waals surface area contributed by atoms with Gasteiger partial charge in [0.15, 0.2) is 5.13 Å². The summed E-state index contributed by atoms with van der Waals surface area (Å²) in [5, 5.41) is 14.7. The third-order valence-corrected chi connectivity index (χ3v) is 6.34. The third kappa shape index (κ3) is 4.87. The molecular formula is C19H18ClF3N6OS. The van der Waals surface area contributed by atoms with Crippen molar-refractivity contribution in [3.05, 3.63) is 46.2 Å². The molecule has 0 bridgehead atoms. The van der Waals surface area contributed by atoms with Crippen molar-refractivity contribution in [2.75, 3.05) is 5.32 Å². The molecule has 0 spiro atoms. The largest absolute Gasteiger partial charge is 0.453 e. The molecule has 31 heavy (non-hydrogen) atoms. The van der Waals surface area contributed by atoms with Crippen molar-refractivity contribution in [2.45, 2.75) is 44.2 Å². The van der Waals surface area contributed by atoms with Crippen LogP contribution in [0.15, 0.2) is 29.8 Å². The van der Waals surface area contributed by atoms with E-state index in [0.717, 1.165) is 25.7 Å². The van der Waals surface area contributed by atoms with E-state index in [1.807, 2.05) is 0 Å². The second-order valence-corrected chi connectivity index (χ2v) is 8.69. The Kier molecular flexibility index (Phi) is 6.24. The van der Waals surface area contributed by atoms with Gasteiger partial charge in [-0.3, -0.25) is 4.79 Å². The predicted octanol–water partition coefficient (Wildman–Crippen LogP) is 5.09. The number of rotatable bonds is 6. The highest BCUT2D eigenvalue weighted by Crippen LogP contribution is 2.37. The molecule has 1 amide bonds. The van der Waals surface area contributed by atoms with E-state index in [0.29, 0.717) is 27.7 Å². The topological polar surface area (TPSA) is 85.6 Å². The second-order valence-electron chi connectivity index (χ2n) is 7.39. The standard InChI is InChI=1S/C19H18ClF3N6OS/c20-14-10-12(5-6-15(14)29-17(19(21,22)23)26-27-28-29)13(9-11-3-1-2-4-11)16(30)25-18-24-7-8-31-18/h5-8,10-11,13H,1-4,9H2,(H,24,25,30). The van der Waals surface area contributed by atoms with Gasteiger partial charge in [-0.15, -0.1) is 16.4 Å². The van der Waals surface area contributed by atoms with Crippen LogP contribution >= 0.6 is 22.9 Å². The van der Waals surface area contributed by atoms with E-state index >= 15 is 0 Å². The maximum atomic E-state index is 13.2. The molecule has 1 aliphatic carbocycles. The number of aromatic nitrogens is 5. The zero-order chi connectivity index (χ0) is 22.0. The summed E-state index contributed by atoms with van der Waals surface area (Å²) in [5.41, 5.74) is 0.610. The third-order valence-electron chi connectivity index (χ3n) is 5.35. The maximum Gasteiger partial charge on any atom is 0.453 e. The van der Waals surface area contributed by atoms with E-state index in [4.69, 9.17) is 11.6 Å². The number of nitrogens with zero attached hydrogens (tertiary/aromatic N) is 5. The van der Waals surface area contributed by atoms with Crippen molar-refractivity contribution < 1.29 is 18.0 Å². The van der Waals surface area contributed by atoms with Crippen molar-refractivity contribution in [3.8, 4) is 5.69 Å². The highest BCUT2D eigenvalue weighted by atomic mass is 35.5. The van der Waals surface area contributed by atoms with Gasteiger partial charge in [0, 0.05) is 11.6 Å². The number of hydrogen-bond acceptors (Lipinski definition) is 6. The van der Waals surface area contributed by atoms with Crippen LogP contribution in [-0.4, -0.2) is 31.1 Å². The molecule has 2 heterocycles. The summed E-state index contributed by atoms with van der Waals surface area (Å²) in [6.45, 7) is 0. The number of hydrogen-bond donors (Lipinski definition) is 1. The van der Waals surface area contributed by atoms with Crippen molar-refractivity contribution >= 4 is 34.0 Å². The number of amides is 1. The van der Waals surface area contributed by atoms with Gasteiger partial charge in [0.1, 0.15) is 0 Å². The number of anilines is 1. The summed E-state index contributed by atoms with van der Waals surface area (Å²) < 4.78 is 40.0. The molecule has 4 rings (SSSR count). The first kappa shape index (κ1) is 21.7. The summed E-state index contributed by atoms with van der Waals surface area (Å²) in [7, 11) is 0. The Morgan fingerprint density at radius 3 is 2.74 bits per heavy atom. The van der Waals surface area contributed by atoms with E-state index in [-0.39, 0.29) is 16.6 Å². The molecule has 1 N–H and O–H groups in total. The van der Waals surface area contributed by atoms with Gasteiger partial charge in [0.2, 0.25) is 5.91 Å². The van der Waals surface area contributed by atoms with Gasteiger partial charge in [0.25, 0.3) is 5.82 Å². The van der Waals surface area contributed by atoms with E-state index < -0.39 is 17.9 Å². The summed E-state index contributed by atoms with van der Waals surface area (Å²) in [5.74, 6) is -1.59. The zero-order valence-corrected chi connectivity index (χ0v) is 17.7.